The lowest BCUT2D eigenvalue weighted by atomic mass is 9.95. The molecular formula is C21H23FN4O2. The molecule has 7 heteroatoms. The summed E-state index contributed by atoms with van der Waals surface area (Å²) in [7, 11) is 3.61. The quantitative estimate of drug-likeness (QED) is 0.756. The van der Waals surface area contributed by atoms with Crippen LogP contribution in [-0.2, 0) is 4.79 Å². The summed E-state index contributed by atoms with van der Waals surface area (Å²) in [4.78, 5) is 16.1. The molecule has 1 aromatic heterocycles. The number of nitrogens with zero attached hydrogens (tertiary/aromatic N) is 4. The molecule has 1 N–H and O–H groups in total. The topological polar surface area (TPSA) is 61.6 Å². The Morgan fingerprint density at radius 2 is 1.86 bits per heavy atom. The van der Waals surface area contributed by atoms with Crippen LogP contribution in [0.25, 0.3) is 16.6 Å². The van der Waals surface area contributed by atoms with Crippen molar-refractivity contribution in [1.29, 1.82) is 0 Å². The standard InChI is InChI=1S/C21H23FN4O2/c1-24(2)21(28)14-7-9-25(10-8-14)16-4-6-19-15(11-16)13-23-26(19)17-3-5-18(22)20(27)12-17/h3-6,11-14,27H,7-10H2,1-2H3. The number of benzene rings is 2. The molecule has 4 rings (SSSR count). The van der Waals surface area contributed by atoms with E-state index in [1.807, 2.05) is 12.1 Å². The van der Waals surface area contributed by atoms with Crippen LogP contribution in [0.15, 0.2) is 42.6 Å². The number of phenols is 1. The van der Waals surface area contributed by atoms with Crippen molar-refractivity contribution in [3.63, 3.8) is 0 Å². The summed E-state index contributed by atoms with van der Waals surface area (Å²) in [6, 6.07) is 10.3. The number of aromatic nitrogens is 2. The normalized spacial score (nSPS) is 15.2. The van der Waals surface area contributed by atoms with Gasteiger partial charge in [-0.25, -0.2) is 9.07 Å². The molecule has 0 radical (unpaired) electrons. The number of carbonyl (C=O) groups is 1. The van der Waals surface area contributed by atoms with E-state index in [-0.39, 0.29) is 11.8 Å². The fourth-order valence-corrected chi connectivity index (χ4v) is 3.81. The Bertz CT molecular complexity index is 1020. The Morgan fingerprint density at radius 1 is 1.14 bits per heavy atom. The Hall–Kier alpha value is -3.09. The SMILES string of the molecule is CN(C)C(=O)C1CCN(c2ccc3c(cnn3-c3ccc(F)c(O)c3)c2)CC1. The van der Waals surface area contributed by atoms with Crippen molar-refractivity contribution in [2.45, 2.75) is 12.8 Å². The first-order chi connectivity index (χ1) is 13.4. The third-order valence-electron chi connectivity index (χ3n) is 5.38. The minimum Gasteiger partial charge on any atom is -0.505 e. The number of halogens is 1. The number of hydrogen-bond donors (Lipinski definition) is 1. The molecule has 1 aliphatic rings. The summed E-state index contributed by atoms with van der Waals surface area (Å²) in [6.45, 7) is 1.69. The van der Waals surface area contributed by atoms with Gasteiger partial charge in [-0.3, -0.25) is 4.79 Å². The number of hydrogen-bond acceptors (Lipinski definition) is 4. The van der Waals surface area contributed by atoms with Gasteiger partial charge in [-0.05, 0) is 43.2 Å². The van der Waals surface area contributed by atoms with Gasteiger partial charge in [0.1, 0.15) is 0 Å². The second-order valence-electron chi connectivity index (χ2n) is 7.43. The summed E-state index contributed by atoms with van der Waals surface area (Å²) in [5, 5.41) is 15.0. The number of anilines is 1. The minimum absolute atomic E-state index is 0.101. The van der Waals surface area contributed by atoms with Crippen molar-refractivity contribution in [1.82, 2.24) is 14.7 Å². The van der Waals surface area contributed by atoms with Crippen LogP contribution in [0.4, 0.5) is 10.1 Å². The molecule has 1 aliphatic heterocycles. The van der Waals surface area contributed by atoms with Crippen molar-refractivity contribution >= 4 is 22.5 Å². The first-order valence-corrected chi connectivity index (χ1v) is 9.37. The highest BCUT2D eigenvalue weighted by Gasteiger charge is 2.26. The number of piperidine rings is 1. The van der Waals surface area contributed by atoms with Crippen molar-refractivity contribution in [2.75, 3.05) is 32.1 Å². The van der Waals surface area contributed by atoms with Crippen LogP contribution in [-0.4, -0.2) is 52.9 Å². The molecule has 3 aromatic rings. The third-order valence-corrected chi connectivity index (χ3v) is 5.38. The maximum Gasteiger partial charge on any atom is 0.225 e. The summed E-state index contributed by atoms with van der Waals surface area (Å²) in [5.41, 5.74) is 2.59. The zero-order valence-corrected chi connectivity index (χ0v) is 16.0. The van der Waals surface area contributed by atoms with E-state index in [1.165, 1.54) is 12.1 Å². The number of phenolic OH excluding ortho intramolecular Hbond substituents is 1. The highest BCUT2D eigenvalue weighted by atomic mass is 19.1. The van der Waals surface area contributed by atoms with Crippen LogP contribution >= 0.6 is 0 Å². The number of amides is 1. The molecule has 0 spiro atoms. The minimum atomic E-state index is -0.654. The molecule has 146 valence electrons. The lowest BCUT2D eigenvalue weighted by molar-refractivity contribution is -0.133. The first kappa shape index (κ1) is 18.3. The molecule has 2 aromatic carbocycles. The smallest absolute Gasteiger partial charge is 0.225 e. The van der Waals surface area contributed by atoms with Crippen LogP contribution in [0.1, 0.15) is 12.8 Å². The van der Waals surface area contributed by atoms with Gasteiger partial charge in [0.2, 0.25) is 5.91 Å². The van der Waals surface area contributed by atoms with Gasteiger partial charge in [0, 0.05) is 50.2 Å². The van der Waals surface area contributed by atoms with Gasteiger partial charge in [-0.2, -0.15) is 5.10 Å². The van der Waals surface area contributed by atoms with Crippen molar-refractivity contribution in [3.05, 3.63) is 48.4 Å². The van der Waals surface area contributed by atoms with E-state index in [2.05, 4.69) is 16.1 Å². The van der Waals surface area contributed by atoms with Crippen LogP contribution in [0.3, 0.4) is 0 Å². The van der Waals surface area contributed by atoms with Gasteiger partial charge in [-0.15, -0.1) is 0 Å². The van der Waals surface area contributed by atoms with Gasteiger partial charge in [0.25, 0.3) is 0 Å². The molecule has 0 atom stereocenters. The number of carbonyl (C=O) groups excluding carboxylic acids is 1. The van der Waals surface area contributed by atoms with Gasteiger partial charge in [0.05, 0.1) is 17.4 Å². The third kappa shape index (κ3) is 3.28. The van der Waals surface area contributed by atoms with Gasteiger partial charge < -0.3 is 14.9 Å². The Kier molecular flexibility index (Phi) is 4.66. The zero-order chi connectivity index (χ0) is 19.8. The lowest BCUT2D eigenvalue weighted by Crippen LogP contribution is -2.40. The molecule has 0 aliphatic carbocycles. The van der Waals surface area contributed by atoms with E-state index in [9.17, 15) is 14.3 Å². The predicted molar refractivity (Wildman–Crippen MR) is 106 cm³/mol. The largest absolute Gasteiger partial charge is 0.505 e. The first-order valence-electron chi connectivity index (χ1n) is 9.37. The van der Waals surface area contributed by atoms with E-state index in [0.29, 0.717) is 5.69 Å². The molecule has 6 nitrogen and oxygen atoms in total. The Balaban J connectivity index is 1.55. The van der Waals surface area contributed by atoms with Gasteiger partial charge >= 0.3 is 0 Å². The van der Waals surface area contributed by atoms with E-state index >= 15 is 0 Å². The predicted octanol–water partition coefficient (Wildman–Crippen LogP) is 3.17. The van der Waals surface area contributed by atoms with Gasteiger partial charge in [0.15, 0.2) is 11.6 Å². The Labute approximate surface area is 162 Å². The van der Waals surface area contributed by atoms with Crippen LogP contribution < -0.4 is 4.90 Å². The summed E-state index contributed by atoms with van der Waals surface area (Å²) in [6.07, 6.45) is 3.47. The average Bonchev–Trinajstić information content (AvgIpc) is 3.13. The maximum absolute atomic E-state index is 13.3. The zero-order valence-electron chi connectivity index (χ0n) is 16.0. The Morgan fingerprint density at radius 3 is 2.54 bits per heavy atom. The van der Waals surface area contributed by atoms with E-state index < -0.39 is 11.6 Å². The molecule has 1 saturated heterocycles. The van der Waals surface area contributed by atoms with Crippen molar-refractivity contribution < 1.29 is 14.3 Å². The van der Waals surface area contributed by atoms with Gasteiger partial charge in [-0.1, -0.05) is 0 Å². The lowest BCUT2D eigenvalue weighted by Gasteiger charge is -2.34. The molecule has 0 bridgehead atoms. The fourth-order valence-electron chi connectivity index (χ4n) is 3.81. The molecular weight excluding hydrogens is 359 g/mol. The summed E-state index contributed by atoms with van der Waals surface area (Å²) < 4.78 is 15.0. The molecule has 28 heavy (non-hydrogen) atoms. The molecule has 0 unspecified atom stereocenters. The monoisotopic (exact) mass is 382 g/mol. The number of rotatable bonds is 3. The summed E-state index contributed by atoms with van der Waals surface area (Å²) >= 11 is 0. The van der Waals surface area contributed by atoms with Crippen molar-refractivity contribution in [3.8, 4) is 11.4 Å². The van der Waals surface area contributed by atoms with E-state index in [4.69, 9.17) is 0 Å². The molecule has 2 heterocycles. The molecule has 0 saturated carbocycles. The van der Waals surface area contributed by atoms with Crippen LogP contribution in [0.5, 0.6) is 5.75 Å². The molecule has 1 fully saturated rings. The second kappa shape index (κ2) is 7.14. The van der Waals surface area contributed by atoms with Crippen LogP contribution in [0.2, 0.25) is 0 Å². The van der Waals surface area contributed by atoms with Crippen molar-refractivity contribution in [2.24, 2.45) is 5.92 Å². The number of aromatic hydroxyl groups is 1. The second-order valence-corrected chi connectivity index (χ2v) is 7.43. The highest BCUT2D eigenvalue weighted by molar-refractivity contribution is 5.84. The highest BCUT2D eigenvalue weighted by Crippen LogP contribution is 2.29. The van der Waals surface area contributed by atoms with E-state index in [0.717, 1.165) is 42.5 Å². The fraction of sp³-hybridized carbons (Fsp3) is 0.333. The summed E-state index contributed by atoms with van der Waals surface area (Å²) in [5.74, 6) is -0.741. The van der Waals surface area contributed by atoms with E-state index in [1.54, 1.807) is 35.9 Å². The molecule has 1 amide bonds. The maximum atomic E-state index is 13.3. The average molecular weight is 382 g/mol. The van der Waals surface area contributed by atoms with Crippen LogP contribution in [0, 0.1) is 11.7 Å². The number of fused-ring (bicyclic) bond motifs is 1.